The van der Waals surface area contributed by atoms with Crippen LogP contribution in [0.5, 0.6) is 6.01 Å². The summed E-state index contributed by atoms with van der Waals surface area (Å²) in [5, 5.41) is 2.96. The number of rotatable bonds is 4. The minimum Gasteiger partial charge on any atom is -0.464 e. The Morgan fingerprint density at radius 1 is 1.26 bits per heavy atom. The standard InChI is InChI=1S/C13H23N5O/c1-4-19-13-16-11(14-3)15-12(17-13)18-8-5-6-10(2)7-9-18/h10H,4-9H2,1-3H3,(H,14,15,16,17). The zero-order valence-electron chi connectivity index (χ0n) is 12.0. The fraction of sp³-hybridized carbons (Fsp3) is 0.769. The SMILES string of the molecule is CCOc1nc(NC)nc(N2CCCC(C)CC2)n1. The largest absolute Gasteiger partial charge is 0.464 e. The average Bonchev–Trinajstić information content (AvgIpc) is 2.63. The Kier molecular flexibility index (Phi) is 4.76. The molecule has 1 aliphatic rings. The molecule has 1 aromatic heterocycles. The molecule has 0 spiro atoms. The van der Waals surface area contributed by atoms with Crippen LogP contribution in [0.2, 0.25) is 0 Å². The molecule has 1 N–H and O–H groups in total. The van der Waals surface area contributed by atoms with E-state index in [0.29, 0.717) is 18.6 Å². The molecule has 106 valence electrons. The maximum Gasteiger partial charge on any atom is 0.323 e. The van der Waals surface area contributed by atoms with E-state index < -0.39 is 0 Å². The lowest BCUT2D eigenvalue weighted by molar-refractivity contribution is 0.312. The van der Waals surface area contributed by atoms with E-state index in [1.165, 1.54) is 19.3 Å². The van der Waals surface area contributed by atoms with Crippen molar-refractivity contribution in [2.45, 2.75) is 33.1 Å². The van der Waals surface area contributed by atoms with Gasteiger partial charge in [0.1, 0.15) is 0 Å². The second kappa shape index (κ2) is 6.54. The van der Waals surface area contributed by atoms with E-state index in [2.05, 4.69) is 32.1 Å². The van der Waals surface area contributed by atoms with Gasteiger partial charge in [-0.1, -0.05) is 6.92 Å². The molecule has 0 saturated carbocycles. The van der Waals surface area contributed by atoms with E-state index in [-0.39, 0.29) is 0 Å². The molecule has 2 heterocycles. The molecule has 2 rings (SSSR count). The molecule has 19 heavy (non-hydrogen) atoms. The Morgan fingerprint density at radius 3 is 2.84 bits per heavy atom. The molecule has 0 amide bonds. The molecule has 1 fully saturated rings. The third-order valence-electron chi connectivity index (χ3n) is 3.40. The van der Waals surface area contributed by atoms with E-state index >= 15 is 0 Å². The Morgan fingerprint density at radius 2 is 2.11 bits per heavy atom. The van der Waals surface area contributed by atoms with Gasteiger partial charge in [-0.15, -0.1) is 0 Å². The van der Waals surface area contributed by atoms with Crippen LogP contribution in [0.15, 0.2) is 0 Å². The summed E-state index contributed by atoms with van der Waals surface area (Å²) < 4.78 is 5.40. The zero-order valence-corrected chi connectivity index (χ0v) is 12.0. The van der Waals surface area contributed by atoms with Gasteiger partial charge in [-0.3, -0.25) is 0 Å². The number of anilines is 2. The number of ether oxygens (including phenoxy) is 1. The summed E-state index contributed by atoms with van der Waals surface area (Å²) in [6, 6.07) is 0.397. The van der Waals surface area contributed by atoms with Gasteiger partial charge >= 0.3 is 6.01 Å². The topological polar surface area (TPSA) is 63.2 Å². The maximum atomic E-state index is 5.40. The predicted octanol–water partition coefficient (Wildman–Crippen LogP) is 1.94. The van der Waals surface area contributed by atoms with E-state index in [9.17, 15) is 0 Å². The minimum absolute atomic E-state index is 0.397. The van der Waals surface area contributed by atoms with Gasteiger partial charge in [0.05, 0.1) is 6.61 Å². The van der Waals surface area contributed by atoms with Crippen LogP contribution in [0.25, 0.3) is 0 Å². The van der Waals surface area contributed by atoms with Crippen LogP contribution in [-0.2, 0) is 0 Å². The molecule has 0 aliphatic carbocycles. The third kappa shape index (κ3) is 3.68. The summed E-state index contributed by atoms with van der Waals surface area (Å²) in [5.41, 5.74) is 0. The highest BCUT2D eigenvalue weighted by Gasteiger charge is 2.18. The van der Waals surface area contributed by atoms with Crippen molar-refractivity contribution >= 4 is 11.9 Å². The van der Waals surface area contributed by atoms with Gasteiger partial charge in [-0.25, -0.2) is 0 Å². The lowest BCUT2D eigenvalue weighted by Gasteiger charge is -2.20. The van der Waals surface area contributed by atoms with E-state index in [1.54, 1.807) is 7.05 Å². The van der Waals surface area contributed by atoms with Crippen molar-refractivity contribution in [1.82, 2.24) is 15.0 Å². The molecule has 0 aromatic carbocycles. The van der Waals surface area contributed by atoms with Gasteiger partial charge in [0.15, 0.2) is 0 Å². The first-order chi connectivity index (χ1) is 9.22. The van der Waals surface area contributed by atoms with Crippen molar-refractivity contribution in [3.63, 3.8) is 0 Å². The molecular formula is C13H23N5O. The summed E-state index contributed by atoms with van der Waals surface area (Å²) in [6.45, 7) is 6.80. The zero-order chi connectivity index (χ0) is 13.7. The minimum atomic E-state index is 0.397. The first-order valence-corrected chi connectivity index (χ1v) is 7.04. The second-order valence-electron chi connectivity index (χ2n) is 4.95. The van der Waals surface area contributed by atoms with Crippen LogP contribution in [-0.4, -0.2) is 41.7 Å². The van der Waals surface area contributed by atoms with Crippen molar-refractivity contribution in [3.05, 3.63) is 0 Å². The van der Waals surface area contributed by atoms with Crippen molar-refractivity contribution in [1.29, 1.82) is 0 Å². The highest BCUT2D eigenvalue weighted by atomic mass is 16.5. The molecule has 1 unspecified atom stereocenters. The van der Waals surface area contributed by atoms with Gasteiger partial charge in [-0.05, 0) is 32.1 Å². The molecule has 6 nitrogen and oxygen atoms in total. The first-order valence-electron chi connectivity index (χ1n) is 7.04. The molecule has 0 bridgehead atoms. The average molecular weight is 265 g/mol. The van der Waals surface area contributed by atoms with Crippen LogP contribution in [0.1, 0.15) is 33.1 Å². The van der Waals surface area contributed by atoms with Crippen LogP contribution < -0.4 is 15.0 Å². The van der Waals surface area contributed by atoms with E-state index in [4.69, 9.17) is 4.74 Å². The molecule has 0 radical (unpaired) electrons. The van der Waals surface area contributed by atoms with Gasteiger partial charge in [-0.2, -0.15) is 15.0 Å². The number of nitrogens with one attached hydrogen (secondary N) is 1. The normalized spacial score (nSPS) is 19.9. The summed E-state index contributed by atoms with van der Waals surface area (Å²) in [5.74, 6) is 2.06. The highest BCUT2D eigenvalue weighted by molar-refractivity contribution is 5.38. The summed E-state index contributed by atoms with van der Waals surface area (Å²) in [7, 11) is 1.80. The van der Waals surface area contributed by atoms with Crippen molar-refractivity contribution in [2.24, 2.45) is 5.92 Å². The predicted molar refractivity (Wildman–Crippen MR) is 75.8 cm³/mol. The van der Waals surface area contributed by atoms with Gasteiger partial charge in [0, 0.05) is 20.1 Å². The fourth-order valence-corrected chi connectivity index (χ4v) is 2.26. The quantitative estimate of drug-likeness (QED) is 0.897. The third-order valence-corrected chi connectivity index (χ3v) is 3.40. The molecule has 1 aromatic rings. The second-order valence-corrected chi connectivity index (χ2v) is 4.95. The Hall–Kier alpha value is -1.59. The van der Waals surface area contributed by atoms with Crippen LogP contribution in [0.4, 0.5) is 11.9 Å². The van der Waals surface area contributed by atoms with E-state index in [0.717, 1.165) is 25.0 Å². The monoisotopic (exact) mass is 265 g/mol. The molecule has 6 heteroatoms. The van der Waals surface area contributed by atoms with Crippen LogP contribution in [0.3, 0.4) is 0 Å². The van der Waals surface area contributed by atoms with Crippen molar-refractivity contribution in [3.8, 4) is 6.01 Å². The lowest BCUT2D eigenvalue weighted by Crippen LogP contribution is -2.27. The van der Waals surface area contributed by atoms with Gasteiger partial charge in [0.25, 0.3) is 0 Å². The number of nitrogens with zero attached hydrogens (tertiary/aromatic N) is 4. The molecule has 1 atom stereocenters. The van der Waals surface area contributed by atoms with E-state index in [1.807, 2.05) is 6.92 Å². The van der Waals surface area contributed by atoms with Crippen LogP contribution >= 0.6 is 0 Å². The molecule has 1 saturated heterocycles. The van der Waals surface area contributed by atoms with Crippen molar-refractivity contribution in [2.75, 3.05) is 37.0 Å². The Labute approximate surface area is 114 Å². The summed E-state index contributed by atoms with van der Waals surface area (Å²) in [6.07, 6.45) is 3.65. The first kappa shape index (κ1) is 13.8. The molecule has 1 aliphatic heterocycles. The fourth-order valence-electron chi connectivity index (χ4n) is 2.26. The maximum absolute atomic E-state index is 5.40. The number of hydrogen-bond acceptors (Lipinski definition) is 6. The van der Waals surface area contributed by atoms with Crippen LogP contribution in [0, 0.1) is 5.92 Å². The van der Waals surface area contributed by atoms with Gasteiger partial charge in [0.2, 0.25) is 11.9 Å². The summed E-state index contributed by atoms with van der Waals surface area (Å²) >= 11 is 0. The highest BCUT2D eigenvalue weighted by Crippen LogP contribution is 2.21. The Bertz CT molecular complexity index is 412. The molecular weight excluding hydrogens is 242 g/mol. The van der Waals surface area contributed by atoms with Gasteiger partial charge < -0.3 is 15.0 Å². The summed E-state index contributed by atoms with van der Waals surface area (Å²) in [4.78, 5) is 15.3. The smallest absolute Gasteiger partial charge is 0.323 e. The Balaban J connectivity index is 2.19. The van der Waals surface area contributed by atoms with Crippen molar-refractivity contribution < 1.29 is 4.74 Å². The number of hydrogen-bond donors (Lipinski definition) is 1. The number of aromatic nitrogens is 3. The lowest BCUT2D eigenvalue weighted by atomic mass is 10.0.